The molecule has 0 fully saturated rings. The molecule has 0 saturated carbocycles. The van der Waals surface area contributed by atoms with Crippen LogP contribution in [0.25, 0.3) is 0 Å². The Hall–Kier alpha value is -1.16. The van der Waals surface area contributed by atoms with Crippen molar-refractivity contribution in [3.05, 3.63) is 24.3 Å². The minimum atomic E-state index is 0.0935. The van der Waals surface area contributed by atoms with Crippen molar-refractivity contribution in [2.75, 3.05) is 24.7 Å². The van der Waals surface area contributed by atoms with Crippen molar-refractivity contribution in [2.24, 2.45) is 0 Å². The van der Waals surface area contributed by atoms with E-state index in [1.807, 2.05) is 25.3 Å². The van der Waals surface area contributed by atoms with Gasteiger partial charge in [0.2, 0.25) is 5.91 Å². The second-order valence-electron chi connectivity index (χ2n) is 3.36. The molecule has 1 rings (SSSR count). The molecule has 0 saturated heterocycles. The smallest absolute Gasteiger partial charge is 0.221 e. The van der Waals surface area contributed by atoms with Gasteiger partial charge in [-0.1, -0.05) is 6.07 Å². The van der Waals surface area contributed by atoms with E-state index in [0.29, 0.717) is 19.5 Å². The molecule has 1 aromatic carbocycles. The van der Waals surface area contributed by atoms with Gasteiger partial charge in [0.1, 0.15) is 0 Å². The number of amides is 1. The van der Waals surface area contributed by atoms with Crippen LogP contribution in [0.2, 0.25) is 0 Å². The molecule has 0 aliphatic carbocycles. The van der Waals surface area contributed by atoms with Crippen LogP contribution in [0, 0.1) is 0 Å². The zero-order valence-corrected chi connectivity index (χ0v) is 10.6. The summed E-state index contributed by atoms with van der Waals surface area (Å²) < 4.78 is 0. The van der Waals surface area contributed by atoms with Crippen molar-refractivity contribution >= 4 is 23.4 Å². The van der Waals surface area contributed by atoms with Crippen LogP contribution >= 0.6 is 11.8 Å². The third-order valence-corrected chi connectivity index (χ3v) is 2.85. The van der Waals surface area contributed by atoms with E-state index in [2.05, 4.69) is 22.8 Å². The van der Waals surface area contributed by atoms with Crippen LogP contribution in [0.15, 0.2) is 29.2 Å². The highest BCUT2D eigenvalue weighted by Crippen LogP contribution is 2.18. The van der Waals surface area contributed by atoms with E-state index in [4.69, 9.17) is 0 Å². The Morgan fingerprint density at radius 3 is 2.94 bits per heavy atom. The lowest BCUT2D eigenvalue weighted by molar-refractivity contribution is -0.120. The summed E-state index contributed by atoms with van der Waals surface area (Å²) in [4.78, 5) is 12.4. The predicted octanol–water partition coefficient (Wildman–Crippen LogP) is 2.35. The van der Waals surface area contributed by atoms with Crippen molar-refractivity contribution in [1.82, 2.24) is 5.32 Å². The van der Waals surface area contributed by atoms with Crippen molar-refractivity contribution in [1.29, 1.82) is 0 Å². The van der Waals surface area contributed by atoms with Crippen LogP contribution in [0.3, 0.4) is 0 Å². The lowest BCUT2D eigenvalue weighted by Crippen LogP contribution is -2.24. The zero-order valence-electron chi connectivity index (χ0n) is 9.75. The summed E-state index contributed by atoms with van der Waals surface area (Å²) >= 11 is 1.71. The summed E-state index contributed by atoms with van der Waals surface area (Å²) in [5, 5.41) is 6.01. The first kappa shape index (κ1) is 12.9. The number of rotatable bonds is 6. The standard InChI is InChI=1S/C12H18N2OS/c1-3-13-12(15)7-8-14-10-5-4-6-11(9-10)16-2/h4-6,9,14H,3,7-8H2,1-2H3,(H,13,15). The van der Waals surface area contributed by atoms with Gasteiger partial charge in [-0.25, -0.2) is 0 Å². The Morgan fingerprint density at radius 2 is 2.25 bits per heavy atom. The van der Waals surface area contributed by atoms with Crippen LogP contribution in [-0.2, 0) is 4.79 Å². The van der Waals surface area contributed by atoms with E-state index in [-0.39, 0.29) is 5.91 Å². The minimum absolute atomic E-state index is 0.0935. The Morgan fingerprint density at radius 1 is 1.44 bits per heavy atom. The third kappa shape index (κ3) is 4.57. The lowest BCUT2D eigenvalue weighted by Gasteiger charge is -2.07. The number of hydrogen-bond acceptors (Lipinski definition) is 3. The second-order valence-corrected chi connectivity index (χ2v) is 4.24. The van der Waals surface area contributed by atoms with Gasteiger partial charge in [0, 0.05) is 30.1 Å². The first-order valence-corrected chi connectivity index (χ1v) is 6.63. The number of hydrogen-bond donors (Lipinski definition) is 2. The van der Waals surface area contributed by atoms with Crippen molar-refractivity contribution < 1.29 is 4.79 Å². The summed E-state index contributed by atoms with van der Waals surface area (Å²) in [6.45, 7) is 3.29. The summed E-state index contributed by atoms with van der Waals surface area (Å²) in [5.41, 5.74) is 1.07. The molecule has 2 N–H and O–H groups in total. The number of anilines is 1. The Kier molecular flexibility index (Phi) is 5.78. The Labute approximate surface area is 101 Å². The first-order valence-electron chi connectivity index (χ1n) is 5.41. The molecule has 0 heterocycles. The maximum Gasteiger partial charge on any atom is 0.221 e. The Balaban J connectivity index is 2.34. The maximum absolute atomic E-state index is 11.2. The fraction of sp³-hybridized carbons (Fsp3) is 0.417. The van der Waals surface area contributed by atoms with Crippen LogP contribution in [0.4, 0.5) is 5.69 Å². The summed E-state index contributed by atoms with van der Waals surface area (Å²) in [6, 6.07) is 8.18. The first-order chi connectivity index (χ1) is 7.76. The molecule has 0 unspecified atom stereocenters. The van der Waals surface area contributed by atoms with Crippen molar-refractivity contribution in [3.8, 4) is 0 Å². The van der Waals surface area contributed by atoms with Gasteiger partial charge < -0.3 is 10.6 Å². The number of carbonyl (C=O) groups excluding carboxylic acids is 1. The number of thioether (sulfide) groups is 1. The fourth-order valence-electron chi connectivity index (χ4n) is 1.34. The van der Waals surface area contributed by atoms with Crippen molar-refractivity contribution in [3.63, 3.8) is 0 Å². The molecular formula is C12H18N2OS. The van der Waals surface area contributed by atoms with E-state index in [1.54, 1.807) is 11.8 Å². The molecular weight excluding hydrogens is 220 g/mol. The van der Waals surface area contributed by atoms with E-state index < -0.39 is 0 Å². The quantitative estimate of drug-likeness (QED) is 0.747. The average Bonchev–Trinajstić information content (AvgIpc) is 2.30. The third-order valence-electron chi connectivity index (χ3n) is 2.12. The average molecular weight is 238 g/mol. The molecule has 3 nitrogen and oxygen atoms in total. The number of nitrogens with one attached hydrogen (secondary N) is 2. The molecule has 4 heteroatoms. The molecule has 0 radical (unpaired) electrons. The van der Waals surface area contributed by atoms with Gasteiger partial charge in [0.05, 0.1) is 0 Å². The van der Waals surface area contributed by atoms with Crippen LogP contribution in [0.1, 0.15) is 13.3 Å². The maximum atomic E-state index is 11.2. The molecule has 0 aromatic heterocycles. The van der Waals surface area contributed by atoms with Gasteiger partial charge in [-0.05, 0) is 31.4 Å². The van der Waals surface area contributed by atoms with Gasteiger partial charge in [0.15, 0.2) is 0 Å². The zero-order chi connectivity index (χ0) is 11.8. The van der Waals surface area contributed by atoms with Crippen LogP contribution < -0.4 is 10.6 Å². The molecule has 0 bridgehead atoms. The van der Waals surface area contributed by atoms with Gasteiger partial charge in [-0.15, -0.1) is 11.8 Å². The summed E-state index contributed by atoms with van der Waals surface area (Å²) in [6.07, 6.45) is 2.56. The van der Waals surface area contributed by atoms with Gasteiger partial charge in [-0.2, -0.15) is 0 Å². The molecule has 88 valence electrons. The molecule has 0 atom stereocenters. The topological polar surface area (TPSA) is 41.1 Å². The van der Waals surface area contributed by atoms with Gasteiger partial charge in [0.25, 0.3) is 0 Å². The SMILES string of the molecule is CCNC(=O)CCNc1cccc(SC)c1. The molecule has 1 aromatic rings. The van der Waals surface area contributed by atoms with E-state index >= 15 is 0 Å². The largest absolute Gasteiger partial charge is 0.384 e. The van der Waals surface area contributed by atoms with E-state index in [0.717, 1.165) is 5.69 Å². The highest BCUT2D eigenvalue weighted by atomic mass is 32.2. The summed E-state index contributed by atoms with van der Waals surface area (Å²) in [5.74, 6) is 0.0935. The van der Waals surface area contributed by atoms with Crippen molar-refractivity contribution in [2.45, 2.75) is 18.2 Å². The van der Waals surface area contributed by atoms with Gasteiger partial charge in [-0.3, -0.25) is 4.79 Å². The Bertz CT molecular complexity index is 342. The highest BCUT2D eigenvalue weighted by Gasteiger charge is 1.99. The molecule has 0 aliphatic rings. The number of benzene rings is 1. The molecule has 1 amide bonds. The van der Waals surface area contributed by atoms with Gasteiger partial charge >= 0.3 is 0 Å². The van der Waals surface area contributed by atoms with Crippen LogP contribution in [0.5, 0.6) is 0 Å². The molecule has 0 aliphatic heterocycles. The summed E-state index contributed by atoms with van der Waals surface area (Å²) in [7, 11) is 0. The number of carbonyl (C=O) groups is 1. The predicted molar refractivity (Wildman–Crippen MR) is 70.0 cm³/mol. The second kappa shape index (κ2) is 7.17. The molecule has 0 spiro atoms. The van der Waals surface area contributed by atoms with Crippen LogP contribution in [-0.4, -0.2) is 25.3 Å². The highest BCUT2D eigenvalue weighted by molar-refractivity contribution is 7.98. The minimum Gasteiger partial charge on any atom is -0.384 e. The molecule has 16 heavy (non-hydrogen) atoms. The fourth-order valence-corrected chi connectivity index (χ4v) is 1.80. The lowest BCUT2D eigenvalue weighted by atomic mass is 10.3. The monoisotopic (exact) mass is 238 g/mol. The van der Waals surface area contributed by atoms with E-state index in [1.165, 1.54) is 4.90 Å². The normalized spacial score (nSPS) is 9.88. The van der Waals surface area contributed by atoms with E-state index in [9.17, 15) is 4.79 Å².